The van der Waals surface area contributed by atoms with Gasteiger partial charge in [0.2, 0.25) is 0 Å². The van der Waals surface area contributed by atoms with Crippen LogP contribution < -0.4 is 5.32 Å². The fourth-order valence-corrected chi connectivity index (χ4v) is 0.465. The van der Waals surface area contributed by atoms with Crippen molar-refractivity contribution in [3.8, 4) is 0 Å². The molecule has 0 spiro atoms. The van der Waals surface area contributed by atoms with Gasteiger partial charge in [-0.3, -0.25) is 0 Å². The highest BCUT2D eigenvalue weighted by atomic mass is 35.5. The zero-order valence-corrected chi connectivity index (χ0v) is 8.14. The minimum absolute atomic E-state index is 0.103. The molecule has 0 aliphatic rings. The maximum absolute atomic E-state index is 10.8. The van der Waals surface area contributed by atoms with Crippen molar-refractivity contribution in [1.82, 2.24) is 5.32 Å². The Morgan fingerprint density at radius 3 is 2.46 bits per heavy atom. The van der Waals surface area contributed by atoms with Crippen LogP contribution in [-0.2, 0) is 0 Å². The van der Waals surface area contributed by atoms with E-state index in [1.807, 2.05) is 5.32 Å². The highest BCUT2D eigenvalue weighted by molar-refractivity contribution is 6.39. The molecule has 0 fully saturated rings. The van der Waals surface area contributed by atoms with E-state index in [2.05, 4.69) is 18.2 Å². The molecule has 0 heterocycles. The highest BCUT2D eigenvalue weighted by Crippen LogP contribution is 2.01. The first-order valence-electron chi connectivity index (χ1n) is 3.15. The molecule has 0 aromatic heterocycles. The number of nitrogens with zero attached hydrogens (tertiary/aromatic N) is 1. The number of halogens is 2. The third kappa shape index (κ3) is 6.33. The number of hydrogen-bond acceptors (Lipinski definition) is 2. The number of carbonyl (C=O) groups excluding carboxylic acids is 1. The Labute approximate surface area is 85.6 Å². The summed E-state index contributed by atoms with van der Waals surface area (Å²) in [7, 11) is 0. The zero-order valence-electron chi connectivity index (χ0n) is 6.63. The van der Waals surface area contributed by atoms with Crippen molar-refractivity contribution >= 4 is 35.4 Å². The lowest BCUT2D eigenvalue weighted by atomic mass is 10.5. The molecule has 0 saturated heterocycles. The number of hydrogen-bond donors (Lipinski definition) is 2. The molecule has 0 aromatic carbocycles. The van der Waals surface area contributed by atoms with E-state index in [1.54, 1.807) is 0 Å². The summed E-state index contributed by atoms with van der Waals surface area (Å²) in [5.41, 5.74) is 0. The predicted octanol–water partition coefficient (Wildman–Crippen LogP) is 1.59. The van der Waals surface area contributed by atoms with Gasteiger partial charge in [0.25, 0.3) is 0 Å². The first kappa shape index (κ1) is 12.2. The molecule has 0 aromatic rings. The second-order valence-corrected chi connectivity index (χ2v) is 2.97. The minimum atomic E-state index is -1.32. The minimum Gasteiger partial charge on any atom is -0.369 e. The summed E-state index contributed by atoms with van der Waals surface area (Å²) in [5, 5.41) is 11.0. The van der Waals surface area contributed by atoms with Gasteiger partial charge in [0.1, 0.15) is 0 Å². The van der Waals surface area contributed by atoms with Gasteiger partial charge in [0.05, 0.1) is 16.3 Å². The second-order valence-electron chi connectivity index (χ2n) is 2.00. The van der Waals surface area contributed by atoms with Crippen molar-refractivity contribution in [3.63, 3.8) is 0 Å². The van der Waals surface area contributed by atoms with Crippen molar-refractivity contribution < 1.29 is 9.90 Å². The Balaban J connectivity index is 4.02. The molecule has 72 valence electrons. The van der Waals surface area contributed by atoms with Crippen molar-refractivity contribution in [2.24, 2.45) is 4.99 Å². The average molecular weight is 223 g/mol. The van der Waals surface area contributed by atoms with Crippen LogP contribution in [0.4, 0.5) is 4.79 Å². The summed E-state index contributed by atoms with van der Waals surface area (Å²) in [6, 6.07) is -0.781. The van der Waals surface area contributed by atoms with E-state index < -0.39 is 12.3 Å². The van der Waals surface area contributed by atoms with Gasteiger partial charge in [-0.15, -0.1) is 0 Å². The van der Waals surface area contributed by atoms with E-state index in [1.165, 1.54) is 0 Å². The van der Waals surface area contributed by atoms with Crippen LogP contribution in [0.2, 0.25) is 0 Å². The van der Waals surface area contributed by atoms with E-state index in [9.17, 15) is 4.79 Å². The Kier molecular flexibility index (Phi) is 5.37. The maximum Gasteiger partial charge on any atom is 0.343 e. The molecule has 0 bridgehead atoms. The van der Waals surface area contributed by atoms with Gasteiger partial charge in [-0.25, -0.2) is 9.79 Å². The molecule has 0 rings (SSSR count). The van der Waals surface area contributed by atoms with Gasteiger partial charge in [0.15, 0.2) is 6.23 Å². The quantitative estimate of drug-likeness (QED) is 0.563. The van der Waals surface area contributed by atoms with Crippen LogP contribution in [0.5, 0.6) is 0 Å². The number of aliphatic hydroxyl groups excluding tert-OH is 1. The Hall–Kier alpha value is -0.840. The van der Waals surface area contributed by atoms with E-state index in [-0.39, 0.29) is 10.1 Å². The fourth-order valence-electron chi connectivity index (χ4n) is 0.361. The summed E-state index contributed by atoms with van der Waals surface area (Å²) < 4.78 is 0. The lowest BCUT2D eigenvalue weighted by molar-refractivity contribution is 0.180. The molecule has 0 radical (unpaired) electrons. The van der Waals surface area contributed by atoms with Crippen LogP contribution >= 0.6 is 23.2 Å². The summed E-state index contributed by atoms with van der Waals surface area (Å²) in [4.78, 5) is 14.1. The van der Waals surface area contributed by atoms with Gasteiger partial charge in [0, 0.05) is 0 Å². The third-order valence-corrected chi connectivity index (χ3v) is 1.18. The van der Waals surface area contributed by atoms with E-state index in [4.69, 9.17) is 28.3 Å². The topological polar surface area (TPSA) is 61.7 Å². The van der Waals surface area contributed by atoms with Crippen LogP contribution in [-0.4, -0.2) is 23.6 Å². The molecule has 0 aliphatic carbocycles. The molecular formula is C7H8Cl2N2O2. The number of urea groups is 1. The number of carbonyl (C=O) groups is 1. The molecule has 6 heteroatoms. The normalized spacial score (nSPS) is 12.5. The molecule has 2 N–H and O–H groups in total. The van der Waals surface area contributed by atoms with Gasteiger partial charge in [-0.2, -0.15) is 0 Å². The van der Waals surface area contributed by atoms with Gasteiger partial charge in [-0.1, -0.05) is 36.4 Å². The molecule has 1 unspecified atom stereocenters. The fraction of sp³-hybridized carbons (Fsp3) is 0.143. The smallest absolute Gasteiger partial charge is 0.343 e. The Morgan fingerprint density at radius 1 is 1.54 bits per heavy atom. The van der Waals surface area contributed by atoms with Crippen molar-refractivity contribution in [2.75, 3.05) is 0 Å². The van der Waals surface area contributed by atoms with Crippen molar-refractivity contribution in [3.05, 3.63) is 23.2 Å². The summed E-state index contributed by atoms with van der Waals surface area (Å²) in [6.07, 6.45) is -0.282. The number of rotatable bonds is 3. The van der Waals surface area contributed by atoms with Gasteiger partial charge >= 0.3 is 6.03 Å². The molecule has 1 atom stereocenters. The summed E-state index contributed by atoms with van der Waals surface area (Å²) in [5.74, 6) is 0. The van der Waals surface area contributed by atoms with Crippen LogP contribution in [0.3, 0.4) is 0 Å². The molecule has 13 heavy (non-hydrogen) atoms. The number of aliphatic imine (C=N–C) groups is 1. The van der Waals surface area contributed by atoms with E-state index >= 15 is 0 Å². The summed E-state index contributed by atoms with van der Waals surface area (Å²) in [6.45, 7) is 6.48. The first-order chi connectivity index (χ1) is 5.93. The number of aliphatic hydroxyl groups is 1. The summed E-state index contributed by atoms with van der Waals surface area (Å²) >= 11 is 10.6. The number of allylic oxidation sites excluding steroid dienone is 1. The van der Waals surface area contributed by atoms with Crippen LogP contribution in [0, 0.1) is 0 Å². The zero-order chi connectivity index (χ0) is 10.4. The van der Waals surface area contributed by atoms with Gasteiger partial charge < -0.3 is 10.4 Å². The molecular weight excluding hydrogens is 215 g/mol. The molecule has 4 nitrogen and oxygen atoms in total. The predicted molar refractivity (Wildman–Crippen MR) is 53.0 cm³/mol. The van der Waals surface area contributed by atoms with Crippen LogP contribution in [0.1, 0.15) is 0 Å². The van der Waals surface area contributed by atoms with Crippen molar-refractivity contribution in [2.45, 2.75) is 6.23 Å². The van der Waals surface area contributed by atoms with Crippen LogP contribution in [0.15, 0.2) is 28.2 Å². The Bertz CT molecular complexity index is 263. The monoisotopic (exact) mass is 222 g/mol. The van der Waals surface area contributed by atoms with E-state index in [0.29, 0.717) is 0 Å². The molecule has 0 aliphatic heterocycles. The molecule has 0 saturated carbocycles. The first-order valence-corrected chi connectivity index (χ1v) is 3.90. The highest BCUT2D eigenvalue weighted by Gasteiger charge is 2.08. The molecule has 2 amide bonds. The Morgan fingerprint density at radius 2 is 2.08 bits per heavy atom. The largest absolute Gasteiger partial charge is 0.369 e. The lowest BCUT2D eigenvalue weighted by Gasteiger charge is -2.07. The maximum atomic E-state index is 10.8. The number of nitrogens with one attached hydrogen (secondary N) is 1. The third-order valence-electron chi connectivity index (χ3n) is 0.879. The average Bonchev–Trinajstić information content (AvgIpc) is 2.00. The second kappa shape index (κ2) is 5.75. The number of amides is 2. The standard InChI is InChI=1S/C7H8Cl2N2O2/c1-4(8)3-10-7(13)11-6(12)5(2)9/h3,6,12H,1-2H2,(H,11,13). The lowest BCUT2D eigenvalue weighted by Crippen LogP contribution is -2.32. The van der Waals surface area contributed by atoms with Crippen molar-refractivity contribution in [1.29, 1.82) is 0 Å². The SMILES string of the molecule is C=C(Cl)C=NC(=O)NC(O)C(=C)Cl. The van der Waals surface area contributed by atoms with Gasteiger partial charge in [-0.05, 0) is 0 Å². The van der Waals surface area contributed by atoms with Crippen LogP contribution in [0.25, 0.3) is 0 Å². The van der Waals surface area contributed by atoms with E-state index in [0.717, 1.165) is 6.21 Å².